The van der Waals surface area contributed by atoms with Crippen LogP contribution in [-0.4, -0.2) is 5.91 Å². The Labute approximate surface area is 72.5 Å². The molecule has 0 atom stereocenters. The van der Waals surface area contributed by atoms with Crippen molar-refractivity contribution in [1.29, 1.82) is 0 Å². The van der Waals surface area contributed by atoms with E-state index in [4.69, 9.17) is 5.73 Å². The minimum atomic E-state index is -3.43. The molecule has 0 saturated carbocycles. The van der Waals surface area contributed by atoms with Crippen molar-refractivity contribution < 1.29 is 13.6 Å². The molecule has 1 aromatic rings. The second-order valence-corrected chi connectivity index (χ2v) is 2.83. The fourth-order valence-corrected chi connectivity index (χ4v) is 1.26. The molecule has 0 spiro atoms. The van der Waals surface area contributed by atoms with Gasteiger partial charge in [-0.2, -0.15) is 8.78 Å². The van der Waals surface area contributed by atoms with E-state index in [9.17, 15) is 13.6 Å². The van der Waals surface area contributed by atoms with Crippen LogP contribution in [0.1, 0.15) is 5.56 Å². The topological polar surface area (TPSA) is 55.1 Å². The monoisotopic (exact) mass is 184 g/mol. The zero-order valence-corrected chi connectivity index (χ0v) is 6.47. The van der Waals surface area contributed by atoms with E-state index in [1.807, 2.05) is 0 Å². The maximum atomic E-state index is 13.0. The highest BCUT2D eigenvalue weighted by molar-refractivity contribution is 6.04. The van der Waals surface area contributed by atoms with Crippen LogP contribution in [0.3, 0.4) is 0 Å². The van der Waals surface area contributed by atoms with Crippen LogP contribution in [0.15, 0.2) is 18.2 Å². The van der Waals surface area contributed by atoms with E-state index >= 15 is 0 Å². The van der Waals surface area contributed by atoms with Gasteiger partial charge < -0.3 is 11.1 Å². The van der Waals surface area contributed by atoms with Crippen LogP contribution in [0.25, 0.3) is 0 Å². The van der Waals surface area contributed by atoms with Crippen molar-refractivity contribution >= 4 is 17.3 Å². The van der Waals surface area contributed by atoms with Crippen molar-refractivity contribution in [2.24, 2.45) is 0 Å². The van der Waals surface area contributed by atoms with Gasteiger partial charge in [-0.1, -0.05) is 0 Å². The molecule has 0 bridgehead atoms. The zero-order chi connectivity index (χ0) is 9.64. The lowest BCUT2D eigenvalue weighted by atomic mass is 10.1. The summed E-state index contributed by atoms with van der Waals surface area (Å²) in [6.45, 7) is 0. The van der Waals surface area contributed by atoms with Crippen LogP contribution in [0, 0.1) is 0 Å². The first kappa shape index (κ1) is 7.97. The average Bonchev–Trinajstić information content (AvgIpc) is 2.23. The number of anilines is 2. The Bertz CT molecular complexity index is 390. The summed E-state index contributed by atoms with van der Waals surface area (Å²) >= 11 is 0. The summed E-state index contributed by atoms with van der Waals surface area (Å²) < 4.78 is 26.0. The third-order valence-corrected chi connectivity index (χ3v) is 1.92. The van der Waals surface area contributed by atoms with Crippen molar-refractivity contribution in [2.75, 3.05) is 11.1 Å². The van der Waals surface area contributed by atoms with E-state index in [1.54, 1.807) is 0 Å². The predicted molar refractivity (Wildman–Crippen MR) is 43.4 cm³/mol. The number of nitrogens with one attached hydrogen (secondary N) is 1. The van der Waals surface area contributed by atoms with Crippen LogP contribution in [-0.2, 0) is 10.7 Å². The summed E-state index contributed by atoms with van der Waals surface area (Å²) in [5.41, 5.74) is 5.49. The van der Waals surface area contributed by atoms with Crippen molar-refractivity contribution in [3.63, 3.8) is 0 Å². The van der Waals surface area contributed by atoms with Gasteiger partial charge in [-0.15, -0.1) is 0 Å². The number of halogens is 2. The van der Waals surface area contributed by atoms with Gasteiger partial charge in [0.1, 0.15) is 0 Å². The first-order valence-corrected chi connectivity index (χ1v) is 3.61. The van der Waals surface area contributed by atoms with Gasteiger partial charge in [-0.25, -0.2) is 0 Å². The van der Waals surface area contributed by atoms with Gasteiger partial charge in [0.15, 0.2) is 0 Å². The molecule has 0 radical (unpaired) electrons. The number of carbonyl (C=O) groups excluding carboxylic acids is 1. The number of carbonyl (C=O) groups is 1. The summed E-state index contributed by atoms with van der Waals surface area (Å²) in [6, 6.07) is 3.81. The molecule has 0 saturated heterocycles. The van der Waals surface area contributed by atoms with E-state index in [0.717, 1.165) is 6.07 Å². The van der Waals surface area contributed by atoms with E-state index in [0.29, 0.717) is 5.69 Å². The SMILES string of the molecule is Nc1ccc2c(c1)NC(=O)C2(F)F. The van der Waals surface area contributed by atoms with Crippen LogP contribution >= 0.6 is 0 Å². The predicted octanol–water partition coefficient (Wildman–Crippen LogP) is 1.31. The number of benzene rings is 1. The third kappa shape index (κ3) is 0.965. The molecule has 0 unspecified atom stereocenters. The molecule has 1 aliphatic rings. The Morgan fingerprint density at radius 1 is 1.38 bits per heavy atom. The van der Waals surface area contributed by atoms with Crippen LogP contribution in [0.5, 0.6) is 0 Å². The third-order valence-electron chi connectivity index (χ3n) is 1.92. The second-order valence-electron chi connectivity index (χ2n) is 2.83. The molecule has 1 aromatic carbocycles. The Hall–Kier alpha value is -1.65. The van der Waals surface area contributed by atoms with Gasteiger partial charge in [0.25, 0.3) is 5.91 Å². The van der Waals surface area contributed by atoms with E-state index in [-0.39, 0.29) is 11.3 Å². The second kappa shape index (κ2) is 2.18. The molecular formula is C8H6F2N2O. The number of hydrogen-bond acceptors (Lipinski definition) is 2. The molecular weight excluding hydrogens is 178 g/mol. The highest BCUT2D eigenvalue weighted by atomic mass is 19.3. The minimum Gasteiger partial charge on any atom is -0.399 e. The van der Waals surface area contributed by atoms with Gasteiger partial charge in [0, 0.05) is 5.69 Å². The maximum absolute atomic E-state index is 13.0. The smallest absolute Gasteiger partial charge is 0.352 e. The lowest BCUT2D eigenvalue weighted by Crippen LogP contribution is -2.23. The van der Waals surface area contributed by atoms with Crippen LogP contribution < -0.4 is 11.1 Å². The van der Waals surface area contributed by atoms with E-state index in [2.05, 4.69) is 5.32 Å². The van der Waals surface area contributed by atoms with E-state index in [1.165, 1.54) is 12.1 Å². The summed E-state index contributed by atoms with van der Waals surface area (Å²) in [6.07, 6.45) is 0. The first-order chi connectivity index (χ1) is 6.01. The number of amides is 1. The Morgan fingerprint density at radius 2 is 2.08 bits per heavy atom. The van der Waals surface area contributed by atoms with Crippen LogP contribution in [0.4, 0.5) is 20.2 Å². The fourth-order valence-electron chi connectivity index (χ4n) is 1.26. The molecule has 3 nitrogen and oxygen atoms in total. The van der Waals surface area contributed by atoms with Crippen molar-refractivity contribution in [3.05, 3.63) is 23.8 Å². The number of fused-ring (bicyclic) bond motifs is 1. The molecule has 2 rings (SSSR count). The summed E-state index contributed by atoms with van der Waals surface area (Å²) in [4.78, 5) is 10.8. The van der Waals surface area contributed by atoms with Crippen molar-refractivity contribution in [1.82, 2.24) is 0 Å². The van der Waals surface area contributed by atoms with Crippen molar-refractivity contribution in [2.45, 2.75) is 5.92 Å². The largest absolute Gasteiger partial charge is 0.399 e. The van der Waals surface area contributed by atoms with E-state index < -0.39 is 11.8 Å². The number of nitrogens with two attached hydrogens (primary N) is 1. The lowest BCUT2D eigenvalue weighted by molar-refractivity contribution is -0.139. The highest BCUT2D eigenvalue weighted by Crippen LogP contribution is 2.40. The molecule has 13 heavy (non-hydrogen) atoms. The Morgan fingerprint density at radius 3 is 2.77 bits per heavy atom. The Balaban J connectivity index is 2.62. The summed E-state index contributed by atoms with van der Waals surface area (Å²) in [5.74, 6) is -4.73. The maximum Gasteiger partial charge on any atom is 0.352 e. The zero-order valence-electron chi connectivity index (χ0n) is 6.47. The van der Waals surface area contributed by atoms with Crippen LogP contribution in [0.2, 0.25) is 0 Å². The minimum absolute atomic E-state index is 0.0926. The number of alkyl halides is 2. The number of nitrogen functional groups attached to an aromatic ring is 1. The molecule has 68 valence electrons. The summed E-state index contributed by atoms with van der Waals surface area (Å²) in [5, 5.41) is 2.06. The molecule has 0 fully saturated rings. The molecule has 0 aromatic heterocycles. The van der Waals surface area contributed by atoms with Gasteiger partial charge in [-0.3, -0.25) is 4.79 Å². The molecule has 1 heterocycles. The number of rotatable bonds is 0. The van der Waals surface area contributed by atoms with Gasteiger partial charge in [0.05, 0.1) is 11.3 Å². The molecule has 5 heteroatoms. The molecule has 1 amide bonds. The quantitative estimate of drug-likeness (QED) is 0.597. The van der Waals surface area contributed by atoms with Gasteiger partial charge >= 0.3 is 5.92 Å². The summed E-state index contributed by atoms with van der Waals surface area (Å²) in [7, 11) is 0. The van der Waals surface area contributed by atoms with Gasteiger partial charge in [0.2, 0.25) is 0 Å². The van der Waals surface area contributed by atoms with Crippen molar-refractivity contribution in [3.8, 4) is 0 Å². The number of hydrogen-bond donors (Lipinski definition) is 2. The first-order valence-electron chi connectivity index (χ1n) is 3.61. The molecule has 1 aliphatic heterocycles. The highest BCUT2D eigenvalue weighted by Gasteiger charge is 2.48. The lowest BCUT2D eigenvalue weighted by Gasteiger charge is -2.05. The molecule has 3 N–H and O–H groups in total. The van der Waals surface area contributed by atoms with Gasteiger partial charge in [-0.05, 0) is 18.2 Å². The fraction of sp³-hybridized carbons (Fsp3) is 0.125. The standard InChI is InChI=1S/C8H6F2N2O/c9-8(10)5-2-1-4(11)3-6(5)12-7(8)13/h1-3H,11H2,(H,12,13). The molecule has 0 aliphatic carbocycles. The average molecular weight is 184 g/mol. The normalized spacial score (nSPS) is 18.2. The Kier molecular flexibility index (Phi) is 1.34.